The number of aromatic nitrogens is 3. The van der Waals surface area contributed by atoms with Crippen molar-refractivity contribution in [3.05, 3.63) is 59.1 Å². The molecule has 0 saturated heterocycles. The molecule has 0 atom stereocenters. The van der Waals surface area contributed by atoms with Gasteiger partial charge in [-0.15, -0.1) is 0 Å². The molecule has 0 fully saturated rings. The van der Waals surface area contributed by atoms with Crippen molar-refractivity contribution in [3.8, 4) is 17.1 Å². The van der Waals surface area contributed by atoms with Gasteiger partial charge in [0, 0.05) is 10.9 Å². The molecule has 4 rings (SSSR count). The Morgan fingerprint density at radius 3 is 1.82 bits per heavy atom. The zero-order chi connectivity index (χ0) is 29.3. The molecule has 20 heteroatoms. The molecule has 0 bridgehead atoms. The molecule has 0 radical (unpaired) electrons. The number of nitrogens with zero attached hydrogens (tertiary/aromatic N) is 3. The third kappa shape index (κ3) is 7.61. The summed E-state index contributed by atoms with van der Waals surface area (Å²) in [4.78, 5) is 9.02. The molecule has 15 nitrogen and oxygen atoms in total. The average molecular weight is 640 g/mol. The van der Waals surface area contributed by atoms with Crippen LogP contribution in [0.1, 0.15) is 0 Å². The Labute approximate surface area is 230 Å². The van der Waals surface area contributed by atoms with Gasteiger partial charge in [0.2, 0.25) is 10.6 Å². The van der Waals surface area contributed by atoms with Crippen LogP contribution in [-0.4, -0.2) is 53.9 Å². The summed E-state index contributed by atoms with van der Waals surface area (Å²) >= 11 is 11.2. The normalized spacial score (nSPS) is 12.0. The molecule has 0 saturated carbocycles. The Hall–Kier alpha value is -3.36. The summed E-state index contributed by atoms with van der Waals surface area (Å²) in [7, 11) is -14.2. The predicted octanol–water partition coefficient (Wildman–Crippen LogP) is 2.52. The summed E-state index contributed by atoms with van der Waals surface area (Å²) in [6.07, 6.45) is 0. The maximum absolute atomic E-state index is 11.5. The largest absolute Gasteiger partial charge is 0.446 e. The number of halogens is 2. The summed E-state index contributed by atoms with van der Waals surface area (Å²) < 4.78 is 98.3. The monoisotopic (exact) mass is 639 g/mol. The van der Waals surface area contributed by atoms with E-state index in [1.807, 2.05) is 0 Å². The Balaban J connectivity index is 0.000000230. The molecule has 3 aromatic carbocycles. The minimum Gasteiger partial charge on any atom is -0.398 e. The van der Waals surface area contributed by atoms with Crippen LogP contribution in [0.2, 0.25) is 10.6 Å². The van der Waals surface area contributed by atoms with E-state index in [0.717, 1.165) is 5.39 Å². The van der Waals surface area contributed by atoms with Crippen LogP contribution in [0.25, 0.3) is 22.2 Å². The first kappa shape index (κ1) is 30.2. The molecule has 39 heavy (non-hydrogen) atoms. The third-order valence-corrected chi connectivity index (χ3v) is 7.11. The topological polar surface area (TPSA) is 263 Å². The highest BCUT2D eigenvalue weighted by Crippen LogP contribution is 2.33. The molecule has 1 aromatic heterocycles. The molecule has 0 aliphatic carbocycles. The highest BCUT2D eigenvalue weighted by Gasteiger charge is 2.25. The van der Waals surface area contributed by atoms with E-state index in [9.17, 15) is 29.8 Å². The van der Waals surface area contributed by atoms with Crippen LogP contribution < -0.4 is 15.7 Å². The second-order valence-electron chi connectivity index (χ2n) is 7.25. The van der Waals surface area contributed by atoms with Crippen molar-refractivity contribution >= 4 is 76.0 Å². The summed E-state index contributed by atoms with van der Waals surface area (Å²) in [5.41, 5.74) is 10.0. The Bertz CT molecular complexity index is 1900. The highest BCUT2D eigenvalue weighted by atomic mass is 35.5. The maximum atomic E-state index is 11.5. The fourth-order valence-electron chi connectivity index (χ4n) is 3.09. The number of benzene rings is 3. The highest BCUT2D eigenvalue weighted by molar-refractivity contribution is 7.86. The van der Waals surface area contributed by atoms with Crippen LogP contribution in [-0.2, 0) is 30.6 Å². The third-order valence-electron chi connectivity index (χ3n) is 4.59. The lowest BCUT2D eigenvalue weighted by molar-refractivity contribution is 0.389. The Morgan fingerprint density at radius 2 is 1.28 bits per heavy atom. The first-order chi connectivity index (χ1) is 17.9. The summed E-state index contributed by atoms with van der Waals surface area (Å²) in [5, 5.41) is 0.480. The minimum atomic E-state index is -4.84. The lowest BCUT2D eigenvalue weighted by Crippen LogP contribution is -2.09. The molecule has 7 N–H and O–H groups in total. The van der Waals surface area contributed by atoms with E-state index in [1.165, 1.54) is 6.07 Å². The first-order valence-corrected chi connectivity index (χ1v) is 14.8. The summed E-state index contributed by atoms with van der Waals surface area (Å²) in [5.74, 6) is -0.506. The van der Waals surface area contributed by atoms with Crippen LogP contribution in [0.3, 0.4) is 0 Å². The lowest BCUT2D eigenvalue weighted by Gasteiger charge is -2.10. The van der Waals surface area contributed by atoms with Gasteiger partial charge >= 0.3 is 10.4 Å². The molecule has 0 unspecified atom stereocenters. The van der Waals surface area contributed by atoms with Gasteiger partial charge in [0.05, 0.1) is 11.4 Å². The number of hydrogen-bond donors (Lipinski definition) is 5. The molecule has 208 valence electrons. The Morgan fingerprint density at radius 1 is 0.718 bits per heavy atom. The van der Waals surface area contributed by atoms with Crippen molar-refractivity contribution in [2.45, 2.75) is 9.79 Å². The molecule has 0 aliphatic heterocycles. The van der Waals surface area contributed by atoms with Crippen molar-refractivity contribution in [1.29, 1.82) is 0 Å². The van der Waals surface area contributed by atoms with Crippen LogP contribution >= 0.6 is 23.2 Å². The van der Waals surface area contributed by atoms with E-state index in [1.54, 1.807) is 30.3 Å². The molecule has 0 spiro atoms. The van der Waals surface area contributed by atoms with E-state index >= 15 is 0 Å². The molecule has 4 aromatic rings. The fraction of sp³-hybridized carbons (Fsp3) is 0. The maximum Gasteiger partial charge on any atom is 0.446 e. The van der Waals surface area contributed by atoms with Gasteiger partial charge in [-0.05, 0) is 46.8 Å². The number of rotatable bonds is 5. The van der Waals surface area contributed by atoms with E-state index in [0.29, 0.717) is 17.5 Å². The Kier molecular flexibility index (Phi) is 8.53. The quantitative estimate of drug-likeness (QED) is 0.155. The standard InChI is InChI=1S/C10H9NO4S.C9H6Cl2N4O6S2/c11-9-6-5-7-3-1-2-4-8(7)10(9)15-16(12,13)14;10-8-13-7(14-9(11)15-8)3-1-6(23(19,20)21)4(12)2-5(3)22(16,17)18/h1-6H,11H2,(H,12,13,14);1-2H,12H2,(H,16,17,18)(H,19,20,21). The number of nitrogens with two attached hydrogens (primary N) is 2. The van der Waals surface area contributed by atoms with E-state index in [2.05, 4.69) is 19.1 Å². The number of fused-ring (bicyclic) bond motifs is 1. The zero-order valence-electron chi connectivity index (χ0n) is 18.8. The van der Waals surface area contributed by atoms with Gasteiger partial charge < -0.3 is 15.7 Å². The van der Waals surface area contributed by atoms with Crippen molar-refractivity contribution in [1.82, 2.24) is 15.0 Å². The van der Waals surface area contributed by atoms with Crippen LogP contribution in [0.15, 0.2) is 58.3 Å². The van der Waals surface area contributed by atoms with Gasteiger partial charge in [0.1, 0.15) is 9.79 Å². The number of hydrogen-bond acceptors (Lipinski definition) is 12. The van der Waals surface area contributed by atoms with Crippen LogP contribution in [0.4, 0.5) is 11.4 Å². The van der Waals surface area contributed by atoms with Crippen molar-refractivity contribution < 1.29 is 43.1 Å². The zero-order valence-corrected chi connectivity index (χ0v) is 22.8. The van der Waals surface area contributed by atoms with E-state index in [4.69, 9.17) is 43.8 Å². The van der Waals surface area contributed by atoms with Crippen molar-refractivity contribution in [2.24, 2.45) is 0 Å². The number of nitrogen functional groups attached to an aromatic ring is 2. The van der Waals surface area contributed by atoms with Gasteiger partial charge in [-0.25, -0.2) is 0 Å². The minimum absolute atomic E-state index is 0.0550. The molecular formula is C19H15Cl2N5O10S3. The predicted molar refractivity (Wildman–Crippen MR) is 140 cm³/mol. The second-order valence-corrected chi connectivity index (χ2v) is 11.7. The van der Waals surface area contributed by atoms with Gasteiger partial charge in [0.25, 0.3) is 20.2 Å². The van der Waals surface area contributed by atoms with Crippen molar-refractivity contribution in [2.75, 3.05) is 11.5 Å². The fourth-order valence-corrected chi connectivity index (χ4v) is 5.18. The smallest absolute Gasteiger partial charge is 0.398 e. The second kappa shape index (κ2) is 11.0. The van der Waals surface area contributed by atoms with E-state index in [-0.39, 0.29) is 11.4 Å². The number of anilines is 2. The first-order valence-electron chi connectivity index (χ1n) is 9.77. The van der Waals surface area contributed by atoms with Gasteiger partial charge in [-0.2, -0.15) is 40.2 Å². The molecular weight excluding hydrogens is 625 g/mol. The average Bonchev–Trinajstić information content (AvgIpc) is 2.78. The van der Waals surface area contributed by atoms with Gasteiger partial charge in [-0.3, -0.25) is 13.7 Å². The van der Waals surface area contributed by atoms with Crippen LogP contribution in [0.5, 0.6) is 5.75 Å². The molecule has 0 aliphatic rings. The molecule has 0 amide bonds. The van der Waals surface area contributed by atoms with Gasteiger partial charge in [0.15, 0.2) is 11.6 Å². The molecule has 1 heterocycles. The summed E-state index contributed by atoms with van der Waals surface area (Å²) in [6.45, 7) is 0. The lowest BCUT2D eigenvalue weighted by atomic mass is 10.1. The van der Waals surface area contributed by atoms with Gasteiger partial charge in [-0.1, -0.05) is 30.3 Å². The van der Waals surface area contributed by atoms with Crippen LogP contribution in [0, 0.1) is 0 Å². The SMILES string of the molecule is Nc1cc(S(=O)(=O)O)c(-c2nc(Cl)nc(Cl)n2)cc1S(=O)(=O)O.Nc1ccc2ccccc2c1OS(=O)(=O)O. The summed E-state index contributed by atoms with van der Waals surface area (Å²) in [6, 6.07) is 11.5. The van der Waals surface area contributed by atoms with E-state index < -0.39 is 68.1 Å². The van der Waals surface area contributed by atoms with Crippen molar-refractivity contribution in [3.63, 3.8) is 0 Å².